The Morgan fingerprint density at radius 2 is 2.00 bits per heavy atom. The molecular formula is C21H19F5N4O2. The second-order valence-corrected chi connectivity index (χ2v) is 8.30. The van der Waals surface area contributed by atoms with E-state index in [0.29, 0.717) is 37.1 Å². The van der Waals surface area contributed by atoms with Crippen LogP contribution in [-0.2, 0) is 12.6 Å². The smallest absolute Gasteiger partial charge is 0.433 e. The maximum absolute atomic E-state index is 13.8. The Morgan fingerprint density at radius 1 is 1.22 bits per heavy atom. The summed E-state index contributed by atoms with van der Waals surface area (Å²) in [6.07, 6.45) is -1.13. The first-order valence-electron chi connectivity index (χ1n) is 10.3. The van der Waals surface area contributed by atoms with Crippen LogP contribution in [0.15, 0.2) is 46.7 Å². The normalized spacial score (nSPS) is 27.4. The highest BCUT2D eigenvalue weighted by Crippen LogP contribution is 2.38. The summed E-state index contributed by atoms with van der Waals surface area (Å²) >= 11 is 0. The molecule has 1 saturated carbocycles. The zero-order valence-corrected chi connectivity index (χ0v) is 16.7. The molecule has 1 unspecified atom stereocenters. The van der Waals surface area contributed by atoms with Gasteiger partial charge in [0.15, 0.2) is 0 Å². The average molecular weight is 454 g/mol. The predicted molar refractivity (Wildman–Crippen MR) is 103 cm³/mol. The molecule has 3 aliphatic rings. The fraction of sp³-hybridized carbons (Fsp3) is 0.476. The van der Waals surface area contributed by atoms with Gasteiger partial charge in [-0.2, -0.15) is 18.3 Å². The van der Waals surface area contributed by atoms with Crippen LogP contribution in [0.3, 0.4) is 0 Å². The van der Waals surface area contributed by atoms with Gasteiger partial charge in [-0.3, -0.25) is 9.55 Å². The molecule has 3 heterocycles. The van der Waals surface area contributed by atoms with E-state index in [1.54, 1.807) is 0 Å². The van der Waals surface area contributed by atoms with E-state index in [0.717, 1.165) is 18.3 Å². The van der Waals surface area contributed by atoms with E-state index in [-0.39, 0.29) is 30.0 Å². The third-order valence-corrected chi connectivity index (χ3v) is 6.12. The van der Waals surface area contributed by atoms with Gasteiger partial charge >= 0.3 is 11.9 Å². The van der Waals surface area contributed by atoms with Gasteiger partial charge in [-0.25, -0.2) is 18.3 Å². The number of aromatic nitrogens is 4. The fourth-order valence-electron chi connectivity index (χ4n) is 4.54. The molecule has 0 aromatic carbocycles. The van der Waals surface area contributed by atoms with Crippen molar-refractivity contribution in [3.8, 4) is 5.75 Å². The topological polar surface area (TPSA) is 61.9 Å². The number of aryl methyl sites for hydroxylation is 1. The Kier molecular flexibility index (Phi) is 4.94. The van der Waals surface area contributed by atoms with Gasteiger partial charge in [0.2, 0.25) is 0 Å². The zero-order chi connectivity index (χ0) is 22.6. The molecule has 0 spiro atoms. The number of fused-ring (bicyclic) bond motifs is 1. The minimum atomic E-state index is -4.56. The lowest BCUT2D eigenvalue weighted by atomic mass is 9.89. The number of rotatable bonds is 4. The average Bonchev–Trinajstić information content (AvgIpc) is 3.24. The molecule has 0 N–H and O–H groups in total. The van der Waals surface area contributed by atoms with Gasteiger partial charge in [0, 0.05) is 37.9 Å². The third-order valence-electron chi connectivity index (χ3n) is 6.12. The lowest BCUT2D eigenvalue weighted by molar-refractivity contribution is -0.141. The van der Waals surface area contributed by atoms with E-state index < -0.39 is 29.9 Å². The monoisotopic (exact) mass is 454 g/mol. The van der Waals surface area contributed by atoms with Crippen molar-refractivity contribution in [2.45, 2.75) is 62.6 Å². The molecule has 0 amide bonds. The minimum Gasteiger partial charge on any atom is -0.490 e. The van der Waals surface area contributed by atoms with Crippen LogP contribution in [0.2, 0.25) is 0 Å². The largest absolute Gasteiger partial charge is 0.490 e. The number of nitrogens with zero attached hydrogens (tertiary/aromatic N) is 4. The molecule has 0 radical (unpaired) electrons. The van der Waals surface area contributed by atoms with Crippen molar-refractivity contribution in [3.05, 3.63) is 63.9 Å². The van der Waals surface area contributed by atoms with Crippen molar-refractivity contribution in [1.82, 2.24) is 19.3 Å². The summed E-state index contributed by atoms with van der Waals surface area (Å²) in [6, 6.07) is 1.53. The zero-order valence-electron chi connectivity index (χ0n) is 16.7. The highest BCUT2D eigenvalue weighted by atomic mass is 19.4. The molecule has 2 aliphatic carbocycles. The van der Waals surface area contributed by atoms with Gasteiger partial charge in [-0.1, -0.05) is 0 Å². The van der Waals surface area contributed by atoms with Crippen LogP contribution in [0.5, 0.6) is 5.75 Å². The summed E-state index contributed by atoms with van der Waals surface area (Å²) in [7, 11) is 0. The van der Waals surface area contributed by atoms with Crippen molar-refractivity contribution in [1.29, 1.82) is 0 Å². The Labute approximate surface area is 179 Å². The molecule has 11 heteroatoms. The van der Waals surface area contributed by atoms with E-state index in [9.17, 15) is 26.7 Å². The number of alkyl halides is 4. The number of ether oxygens (including phenoxy) is 1. The van der Waals surface area contributed by atoms with E-state index >= 15 is 0 Å². The highest BCUT2D eigenvalue weighted by Gasteiger charge is 2.39. The first-order valence-corrected chi connectivity index (χ1v) is 10.3. The van der Waals surface area contributed by atoms with Gasteiger partial charge in [0.25, 0.3) is 0 Å². The summed E-state index contributed by atoms with van der Waals surface area (Å²) in [5.74, 6) is -0.00776. The quantitative estimate of drug-likeness (QED) is 0.649. The van der Waals surface area contributed by atoms with Gasteiger partial charge in [0.1, 0.15) is 35.4 Å². The third kappa shape index (κ3) is 3.73. The van der Waals surface area contributed by atoms with E-state index in [1.807, 2.05) is 0 Å². The van der Waals surface area contributed by atoms with Crippen LogP contribution >= 0.6 is 0 Å². The van der Waals surface area contributed by atoms with Crippen LogP contribution in [-0.4, -0.2) is 31.6 Å². The van der Waals surface area contributed by atoms with Crippen molar-refractivity contribution in [2.24, 2.45) is 0 Å². The molecule has 0 saturated heterocycles. The predicted octanol–water partition coefficient (Wildman–Crippen LogP) is 4.25. The molecule has 2 aromatic heterocycles. The maximum Gasteiger partial charge on any atom is 0.433 e. The Hall–Kier alpha value is -2.98. The van der Waals surface area contributed by atoms with Gasteiger partial charge < -0.3 is 4.74 Å². The lowest BCUT2D eigenvalue weighted by Gasteiger charge is -2.34. The second-order valence-electron chi connectivity index (χ2n) is 8.30. The Balaban J connectivity index is 1.28. The van der Waals surface area contributed by atoms with Crippen LogP contribution in [0.4, 0.5) is 22.0 Å². The molecule has 0 bridgehead atoms. The Bertz CT molecular complexity index is 1160. The van der Waals surface area contributed by atoms with E-state index in [2.05, 4.69) is 10.1 Å². The number of hydrogen-bond acceptors (Lipinski definition) is 4. The minimum absolute atomic E-state index is 0.0420. The maximum atomic E-state index is 13.8. The summed E-state index contributed by atoms with van der Waals surface area (Å²) < 4.78 is 74.3. The highest BCUT2D eigenvalue weighted by molar-refractivity contribution is 5.30. The summed E-state index contributed by atoms with van der Waals surface area (Å²) in [6.45, 7) is 0. The fourth-order valence-corrected chi connectivity index (χ4v) is 4.54. The molecule has 5 rings (SSSR count). The van der Waals surface area contributed by atoms with Crippen molar-refractivity contribution < 1.29 is 26.7 Å². The number of hydrogen-bond donors (Lipinski definition) is 0. The van der Waals surface area contributed by atoms with Gasteiger partial charge in [0.05, 0.1) is 12.1 Å². The number of pyridine rings is 1. The molecule has 6 nitrogen and oxygen atoms in total. The number of halogens is 5. The molecule has 1 fully saturated rings. The molecule has 2 aromatic rings. The van der Waals surface area contributed by atoms with Crippen molar-refractivity contribution >= 4 is 0 Å². The van der Waals surface area contributed by atoms with Crippen LogP contribution in [0.1, 0.15) is 49.3 Å². The summed E-state index contributed by atoms with van der Waals surface area (Å²) in [5.41, 5.74) is -0.844. The van der Waals surface area contributed by atoms with E-state index in [1.165, 1.54) is 21.4 Å². The summed E-state index contributed by atoms with van der Waals surface area (Å²) in [4.78, 5) is 16.3. The van der Waals surface area contributed by atoms with Crippen LogP contribution in [0.25, 0.3) is 0 Å². The molecule has 32 heavy (non-hydrogen) atoms. The molecule has 170 valence electrons. The first-order chi connectivity index (χ1) is 15.2. The van der Waals surface area contributed by atoms with Crippen LogP contribution in [0, 0.1) is 0 Å². The summed E-state index contributed by atoms with van der Waals surface area (Å²) in [5, 5.41) is 4.41. The Morgan fingerprint density at radius 3 is 2.72 bits per heavy atom. The van der Waals surface area contributed by atoms with E-state index in [4.69, 9.17) is 4.74 Å². The second kappa shape index (κ2) is 7.56. The SMILES string of the molecule is O=c1n(C2CC(Oc3ccnc(C(F)(F)F)c3)C2)nc2n1[C@H](C1=CC(F)=CC(F)C1)CC2. The van der Waals surface area contributed by atoms with Crippen LogP contribution < -0.4 is 10.4 Å². The lowest BCUT2D eigenvalue weighted by Crippen LogP contribution is -2.41. The van der Waals surface area contributed by atoms with Gasteiger partial charge in [-0.05, 0) is 30.2 Å². The molecular weight excluding hydrogens is 435 g/mol. The van der Waals surface area contributed by atoms with Gasteiger partial charge in [-0.15, -0.1) is 0 Å². The standard InChI is InChI=1S/C21H19F5N4O2/c22-12-5-11(6-13(23)7-12)17-1-2-19-28-30(20(31)29(17)19)14-8-16(9-14)32-15-3-4-27-18(10-15)21(24,25)26/h3-5,7,10,13-14,16-17H,1-2,6,8-9H2/t13?,14?,16?,17-/m0/s1. The van der Waals surface area contributed by atoms with Crippen molar-refractivity contribution in [3.63, 3.8) is 0 Å². The molecule has 1 aliphatic heterocycles. The van der Waals surface area contributed by atoms with Crippen molar-refractivity contribution in [2.75, 3.05) is 0 Å². The number of allylic oxidation sites excluding steroid dienone is 4. The molecule has 2 atom stereocenters. The first kappa shape index (κ1) is 20.9.